The van der Waals surface area contributed by atoms with Crippen molar-refractivity contribution >= 4 is 5.97 Å². The summed E-state index contributed by atoms with van der Waals surface area (Å²) in [7, 11) is 0. The Morgan fingerprint density at radius 3 is 2.45 bits per heavy atom. The summed E-state index contributed by atoms with van der Waals surface area (Å²) in [5.74, 6) is -0.714. The number of rotatable bonds is 1. The highest BCUT2D eigenvalue weighted by Crippen LogP contribution is 2.32. The topological polar surface area (TPSA) is 61.4 Å². The molecule has 0 amide bonds. The van der Waals surface area contributed by atoms with Crippen molar-refractivity contribution in [3.05, 3.63) is 0 Å². The molecule has 2 rings (SSSR count). The fraction of sp³-hybridized carbons (Fsp3) is 0.857. The molecule has 2 saturated heterocycles. The van der Waals surface area contributed by atoms with Gasteiger partial charge < -0.3 is 15.7 Å². The molecule has 0 radical (unpaired) electrons. The molecule has 0 aliphatic carbocycles. The Kier molecular flexibility index (Phi) is 1.40. The molecular weight excluding hydrogens is 144 g/mol. The highest BCUT2D eigenvalue weighted by molar-refractivity contribution is 5.74. The van der Waals surface area contributed by atoms with Gasteiger partial charge in [-0.05, 0) is 6.42 Å². The smallest absolute Gasteiger partial charge is 0.320 e. The van der Waals surface area contributed by atoms with Crippen LogP contribution in [0.15, 0.2) is 0 Å². The first kappa shape index (κ1) is 7.06. The zero-order valence-corrected chi connectivity index (χ0v) is 6.26. The second-order valence-corrected chi connectivity index (χ2v) is 3.58. The van der Waals surface area contributed by atoms with E-state index in [0.29, 0.717) is 0 Å². The van der Waals surface area contributed by atoms with Crippen LogP contribution in [0.5, 0.6) is 0 Å². The number of nitrogens with one attached hydrogen (secondary N) is 2. The highest BCUT2D eigenvalue weighted by Gasteiger charge is 2.45. The van der Waals surface area contributed by atoms with Gasteiger partial charge in [-0.1, -0.05) is 0 Å². The van der Waals surface area contributed by atoms with Gasteiger partial charge >= 0.3 is 5.97 Å². The number of carboxylic acid groups (broad SMARTS) is 1. The average molecular weight is 156 g/mol. The van der Waals surface area contributed by atoms with Crippen molar-refractivity contribution in [2.45, 2.75) is 12.5 Å². The maximum absolute atomic E-state index is 10.5. The third-order valence-corrected chi connectivity index (χ3v) is 2.66. The van der Waals surface area contributed by atoms with E-state index in [2.05, 4.69) is 10.6 Å². The predicted molar refractivity (Wildman–Crippen MR) is 39.3 cm³/mol. The minimum Gasteiger partial charge on any atom is -0.480 e. The van der Waals surface area contributed by atoms with Crippen molar-refractivity contribution < 1.29 is 9.90 Å². The SMILES string of the molecule is O=C(O)C1CC2(CNC2)CN1. The summed E-state index contributed by atoms with van der Waals surface area (Å²) in [6.07, 6.45) is 0.787. The minimum absolute atomic E-state index is 0.267. The van der Waals surface area contributed by atoms with Gasteiger partial charge in [-0.2, -0.15) is 0 Å². The summed E-state index contributed by atoms with van der Waals surface area (Å²) in [6.45, 7) is 2.81. The van der Waals surface area contributed by atoms with Gasteiger partial charge in [0.15, 0.2) is 0 Å². The molecule has 2 aliphatic heterocycles. The van der Waals surface area contributed by atoms with Crippen molar-refractivity contribution in [1.82, 2.24) is 10.6 Å². The molecule has 2 heterocycles. The molecule has 0 aromatic rings. The molecule has 1 atom stereocenters. The molecule has 3 N–H and O–H groups in total. The lowest BCUT2D eigenvalue weighted by Gasteiger charge is -2.38. The van der Waals surface area contributed by atoms with E-state index in [-0.39, 0.29) is 11.5 Å². The molecule has 2 aliphatic rings. The number of hydrogen-bond acceptors (Lipinski definition) is 3. The maximum atomic E-state index is 10.5. The van der Waals surface area contributed by atoms with Crippen LogP contribution >= 0.6 is 0 Å². The largest absolute Gasteiger partial charge is 0.480 e. The highest BCUT2D eigenvalue weighted by atomic mass is 16.4. The Balaban J connectivity index is 1.98. The minimum atomic E-state index is -0.714. The fourth-order valence-corrected chi connectivity index (χ4v) is 1.84. The predicted octanol–water partition coefficient (Wildman–Crippen LogP) is -0.977. The molecule has 1 spiro atoms. The zero-order valence-electron chi connectivity index (χ0n) is 6.26. The van der Waals surface area contributed by atoms with Gasteiger partial charge in [-0.15, -0.1) is 0 Å². The first-order chi connectivity index (χ1) is 5.22. The van der Waals surface area contributed by atoms with Gasteiger partial charge in [-0.25, -0.2) is 0 Å². The Hall–Kier alpha value is -0.610. The average Bonchev–Trinajstić information content (AvgIpc) is 2.28. The van der Waals surface area contributed by atoms with Crippen molar-refractivity contribution in [3.8, 4) is 0 Å². The second-order valence-electron chi connectivity index (χ2n) is 3.58. The molecule has 4 heteroatoms. The Labute approximate surface area is 65.0 Å². The fourth-order valence-electron chi connectivity index (χ4n) is 1.84. The van der Waals surface area contributed by atoms with E-state index in [0.717, 1.165) is 26.1 Å². The van der Waals surface area contributed by atoms with Crippen LogP contribution in [0.25, 0.3) is 0 Å². The van der Waals surface area contributed by atoms with Gasteiger partial charge in [0, 0.05) is 25.0 Å². The third kappa shape index (κ3) is 1.02. The Bertz CT molecular complexity index is 189. The molecule has 0 saturated carbocycles. The summed E-state index contributed by atoms with van der Waals surface area (Å²) < 4.78 is 0. The normalized spacial score (nSPS) is 33.6. The van der Waals surface area contributed by atoms with Crippen molar-refractivity contribution in [1.29, 1.82) is 0 Å². The van der Waals surface area contributed by atoms with Crippen LogP contribution in [0.1, 0.15) is 6.42 Å². The first-order valence-corrected chi connectivity index (χ1v) is 3.89. The van der Waals surface area contributed by atoms with Crippen LogP contribution in [0.2, 0.25) is 0 Å². The molecule has 4 nitrogen and oxygen atoms in total. The molecule has 0 aromatic carbocycles. The van der Waals surface area contributed by atoms with E-state index >= 15 is 0 Å². The number of carbonyl (C=O) groups is 1. The summed E-state index contributed by atoms with van der Waals surface area (Å²) in [4.78, 5) is 10.5. The molecule has 0 bridgehead atoms. The lowest BCUT2D eigenvalue weighted by molar-refractivity contribution is -0.139. The molecule has 11 heavy (non-hydrogen) atoms. The summed E-state index contributed by atoms with van der Waals surface area (Å²) in [5, 5.41) is 14.9. The van der Waals surface area contributed by atoms with Crippen LogP contribution in [-0.2, 0) is 4.79 Å². The van der Waals surface area contributed by atoms with E-state index in [1.54, 1.807) is 0 Å². The van der Waals surface area contributed by atoms with Crippen LogP contribution in [-0.4, -0.2) is 36.8 Å². The van der Waals surface area contributed by atoms with E-state index in [1.807, 2.05) is 0 Å². The Morgan fingerprint density at radius 1 is 1.45 bits per heavy atom. The summed E-state index contributed by atoms with van der Waals surface area (Å²) in [6, 6.07) is -0.308. The van der Waals surface area contributed by atoms with E-state index in [4.69, 9.17) is 5.11 Å². The summed E-state index contributed by atoms with van der Waals surface area (Å²) in [5.41, 5.74) is 0.267. The van der Waals surface area contributed by atoms with Crippen LogP contribution < -0.4 is 10.6 Å². The van der Waals surface area contributed by atoms with Crippen LogP contribution in [0, 0.1) is 5.41 Å². The second kappa shape index (κ2) is 2.19. The maximum Gasteiger partial charge on any atom is 0.320 e. The number of hydrogen-bond donors (Lipinski definition) is 3. The number of aliphatic carboxylic acids is 1. The van der Waals surface area contributed by atoms with Crippen molar-refractivity contribution in [2.75, 3.05) is 19.6 Å². The van der Waals surface area contributed by atoms with Crippen LogP contribution in [0.3, 0.4) is 0 Å². The standard InChI is InChI=1S/C7H12N2O2/c10-6(11)5-1-7(4-9-5)2-8-3-7/h5,8-9H,1-4H2,(H,10,11). The third-order valence-electron chi connectivity index (χ3n) is 2.66. The first-order valence-electron chi connectivity index (χ1n) is 3.89. The lowest BCUT2D eigenvalue weighted by atomic mass is 9.80. The van der Waals surface area contributed by atoms with Gasteiger partial charge in [0.1, 0.15) is 6.04 Å². The Morgan fingerprint density at radius 2 is 2.18 bits per heavy atom. The quantitative estimate of drug-likeness (QED) is 0.457. The zero-order chi connectivity index (χ0) is 7.90. The van der Waals surface area contributed by atoms with Gasteiger partial charge in [0.25, 0.3) is 0 Å². The monoisotopic (exact) mass is 156 g/mol. The number of carboxylic acids is 1. The molecule has 62 valence electrons. The van der Waals surface area contributed by atoms with Gasteiger partial charge in [-0.3, -0.25) is 4.79 Å². The van der Waals surface area contributed by atoms with Gasteiger partial charge in [0.2, 0.25) is 0 Å². The lowest BCUT2D eigenvalue weighted by Crippen LogP contribution is -2.54. The van der Waals surface area contributed by atoms with E-state index < -0.39 is 5.97 Å². The van der Waals surface area contributed by atoms with Crippen LogP contribution in [0.4, 0.5) is 0 Å². The molecular formula is C7H12N2O2. The molecule has 1 unspecified atom stereocenters. The molecule has 0 aromatic heterocycles. The summed E-state index contributed by atoms with van der Waals surface area (Å²) >= 11 is 0. The van der Waals surface area contributed by atoms with E-state index in [1.165, 1.54) is 0 Å². The van der Waals surface area contributed by atoms with Gasteiger partial charge in [0.05, 0.1) is 0 Å². The van der Waals surface area contributed by atoms with E-state index in [9.17, 15) is 4.79 Å². The van der Waals surface area contributed by atoms with Crippen molar-refractivity contribution in [3.63, 3.8) is 0 Å². The van der Waals surface area contributed by atoms with Crippen molar-refractivity contribution in [2.24, 2.45) is 5.41 Å². The molecule has 2 fully saturated rings.